The Hall–Kier alpha value is -0.620. The minimum Gasteiger partial charge on any atom is -0.358 e. The second kappa shape index (κ2) is 5.18. The summed E-state index contributed by atoms with van der Waals surface area (Å²) < 4.78 is 22.7. The fraction of sp³-hybridized carbons (Fsp3) is 0.857. The smallest absolute Gasteiger partial charge is 0.237 e. The number of carbonyl (C=O) groups excluding carboxylic acids is 1. The van der Waals surface area contributed by atoms with Gasteiger partial charge in [0, 0.05) is 7.05 Å². The van der Waals surface area contributed by atoms with Crippen molar-refractivity contribution < 1.29 is 13.2 Å². The highest BCUT2D eigenvalue weighted by atomic mass is 32.2. The molecule has 0 spiro atoms. The molecule has 1 amide bonds. The van der Waals surface area contributed by atoms with Crippen molar-refractivity contribution in [2.45, 2.75) is 18.6 Å². The number of rotatable bonds is 5. The van der Waals surface area contributed by atoms with Gasteiger partial charge in [0.25, 0.3) is 0 Å². The zero-order valence-electron chi connectivity index (χ0n) is 7.91. The van der Waals surface area contributed by atoms with E-state index in [1.54, 1.807) is 0 Å². The van der Waals surface area contributed by atoms with Crippen molar-refractivity contribution in [3.05, 3.63) is 0 Å². The van der Waals surface area contributed by atoms with Crippen LogP contribution in [0, 0.1) is 0 Å². The monoisotopic (exact) mass is 208 g/mol. The molecule has 0 saturated heterocycles. The summed E-state index contributed by atoms with van der Waals surface area (Å²) >= 11 is 0. The van der Waals surface area contributed by atoms with Gasteiger partial charge in [-0.1, -0.05) is 0 Å². The van der Waals surface area contributed by atoms with Crippen LogP contribution in [0.15, 0.2) is 0 Å². The van der Waals surface area contributed by atoms with Crippen LogP contribution in [0.25, 0.3) is 0 Å². The molecule has 0 radical (unpaired) electrons. The van der Waals surface area contributed by atoms with Gasteiger partial charge in [-0.3, -0.25) is 4.79 Å². The molecule has 6 heteroatoms. The standard InChI is InChI=1S/C7H16N2O3S/c1-6(7(10)9-2)13(11,12)5-3-4-8/h6H,3-5,8H2,1-2H3,(H,9,10). The molecule has 1 atom stereocenters. The van der Waals surface area contributed by atoms with Crippen LogP contribution in [-0.4, -0.2) is 38.9 Å². The molecule has 0 fully saturated rings. The summed E-state index contributed by atoms with van der Waals surface area (Å²) in [7, 11) is -1.91. The Labute approximate surface area is 78.6 Å². The average molecular weight is 208 g/mol. The molecule has 0 aromatic heterocycles. The molecule has 3 N–H and O–H groups in total. The van der Waals surface area contributed by atoms with E-state index in [-0.39, 0.29) is 5.75 Å². The molecule has 0 aliphatic heterocycles. The Balaban J connectivity index is 4.37. The summed E-state index contributed by atoms with van der Waals surface area (Å²) in [5, 5.41) is 1.32. The van der Waals surface area contributed by atoms with Crippen molar-refractivity contribution in [1.29, 1.82) is 0 Å². The van der Waals surface area contributed by atoms with Gasteiger partial charge in [0.2, 0.25) is 5.91 Å². The van der Waals surface area contributed by atoms with E-state index in [1.165, 1.54) is 14.0 Å². The van der Waals surface area contributed by atoms with Crippen LogP contribution in [0.1, 0.15) is 13.3 Å². The number of nitrogens with two attached hydrogens (primary N) is 1. The second-order valence-corrected chi connectivity index (χ2v) is 5.21. The van der Waals surface area contributed by atoms with Crippen LogP contribution < -0.4 is 11.1 Å². The predicted molar refractivity (Wildman–Crippen MR) is 51.0 cm³/mol. The Morgan fingerprint density at radius 1 is 1.54 bits per heavy atom. The van der Waals surface area contributed by atoms with Crippen molar-refractivity contribution in [3.8, 4) is 0 Å². The van der Waals surface area contributed by atoms with E-state index < -0.39 is 21.0 Å². The van der Waals surface area contributed by atoms with Crippen LogP contribution in [0.4, 0.5) is 0 Å². The molecular formula is C7H16N2O3S. The predicted octanol–water partition coefficient (Wildman–Crippen LogP) is -1.12. The lowest BCUT2D eigenvalue weighted by Crippen LogP contribution is -2.37. The summed E-state index contributed by atoms with van der Waals surface area (Å²) in [6.45, 7) is 1.70. The van der Waals surface area contributed by atoms with Crippen LogP contribution in [0.5, 0.6) is 0 Å². The van der Waals surface area contributed by atoms with Crippen LogP contribution in [0.2, 0.25) is 0 Å². The van der Waals surface area contributed by atoms with Gasteiger partial charge in [-0.05, 0) is 19.9 Å². The minimum absolute atomic E-state index is 0.0297. The third-order valence-corrected chi connectivity index (χ3v) is 3.94. The zero-order valence-corrected chi connectivity index (χ0v) is 8.73. The van der Waals surface area contributed by atoms with E-state index in [1.807, 2.05) is 0 Å². The van der Waals surface area contributed by atoms with Gasteiger partial charge in [0.05, 0.1) is 5.75 Å². The maximum atomic E-state index is 11.4. The van der Waals surface area contributed by atoms with E-state index in [0.717, 1.165) is 0 Å². The quantitative estimate of drug-likeness (QED) is 0.599. The van der Waals surface area contributed by atoms with Gasteiger partial charge in [-0.25, -0.2) is 8.42 Å². The number of sulfone groups is 1. The normalized spacial score (nSPS) is 13.8. The van der Waals surface area contributed by atoms with Gasteiger partial charge < -0.3 is 11.1 Å². The molecular weight excluding hydrogens is 192 g/mol. The van der Waals surface area contributed by atoms with Crippen LogP contribution in [-0.2, 0) is 14.6 Å². The Kier molecular flexibility index (Phi) is 4.94. The van der Waals surface area contributed by atoms with Crippen molar-refractivity contribution in [2.75, 3.05) is 19.3 Å². The Morgan fingerprint density at radius 2 is 2.08 bits per heavy atom. The first-order valence-corrected chi connectivity index (χ1v) is 5.80. The van der Waals surface area contributed by atoms with Gasteiger partial charge in [-0.2, -0.15) is 0 Å². The average Bonchev–Trinajstić information content (AvgIpc) is 2.12. The summed E-state index contributed by atoms with van der Waals surface area (Å²) in [6, 6.07) is 0. The van der Waals surface area contributed by atoms with E-state index in [0.29, 0.717) is 13.0 Å². The van der Waals surface area contributed by atoms with Gasteiger partial charge in [-0.15, -0.1) is 0 Å². The molecule has 0 rings (SSSR count). The highest BCUT2D eigenvalue weighted by molar-refractivity contribution is 7.92. The van der Waals surface area contributed by atoms with E-state index in [4.69, 9.17) is 5.73 Å². The van der Waals surface area contributed by atoms with Crippen molar-refractivity contribution in [2.24, 2.45) is 5.73 Å². The lowest BCUT2D eigenvalue weighted by Gasteiger charge is -2.10. The number of hydrogen-bond acceptors (Lipinski definition) is 4. The number of hydrogen-bond donors (Lipinski definition) is 2. The lowest BCUT2D eigenvalue weighted by atomic mass is 10.4. The first-order valence-electron chi connectivity index (χ1n) is 4.09. The second-order valence-electron chi connectivity index (χ2n) is 2.77. The Bertz CT molecular complexity index is 261. The summed E-state index contributed by atoms with van der Waals surface area (Å²) in [4.78, 5) is 11.0. The fourth-order valence-corrected chi connectivity index (χ4v) is 2.19. The lowest BCUT2D eigenvalue weighted by molar-refractivity contribution is -0.119. The Morgan fingerprint density at radius 3 is 2.46 bits per heavy atom. The number of nitrogens with one attached hydrogen (secondary N) is 1. The first-order chi connectivity index (χ1) is 5.95. The first kappa shape index (κ1) is 12.4. The fourth-order valence-electron chi connectivity index (χ4n) is 0.828. The number of amides is 1. The molecule has 0 aliphatic rings. The van der Waals surface area contributed by atoms with Gasteiger partial charge in [0.15, 0.2) is 9.84 Å². The van der Waals surface area contributed by atoms with Crippen LogP contribution >= 0.6 is 0 Å². The SMILES string of the molecule is CNC(=O)C(C)S(=O)(=O)CCCN. The molecule has 0 aliphatic carbocycles. The highest BCUT2D eigenvalue weighted by Crippen LogP contribution is 2.03. The summed E-state index contributed by atoms with van der Waals surface area (Å²) in [5.74, 6) is -0.505. The third kappa shape index (κ3) is 3.73. The zero-order chi connectivity index (χ0) is 10.5. The van der Waals surface area contributed by atoms with Crippen LogP contribution in [0.3, 0.4) is 0 Å². The molecule has 0 aromatic carbocycles. The summed E-state index contributed by atoms with van der Waals surface area (Å²) in [6.07, 6.45) is 0.393. The largest absolute Gasteiger partial charge is 0.358 e. The third-order valence-electron chi connectivity index (χ3n) is 1.79. The minimum atomic E-state index is -3.33. The maximum Gasteiger partial charge on any atom is 0.237 e. The summed E-state index contributed by atoms with van der Waals surface area (Å²) in [5.41, 5.74) is 5.18. The van der Waals surface area contributed by atoms with Crippen molar-refractivity contribution >= 4 is 15.7 Å². The topological polar surface area (TPSA) is 89.3 Å². The molecule has 13 heavy (non-hydrogen) atoms. The molecule has 1 unspecified atom stereocenters. The van der Waals surface area contributed by atoms with E-state index >= 15 is 0 Å². The van der Waals surface area contributed by atoms with Gasteiger partial charge in [0.1, 0.15) is 5.25 Å². The van der Waals surface area contributed by atoms with Crippen molar-refractivity contribution in [1.82, 2.24) is 5.32 Å². The molecule has 0 saturated carbocycles. The molecule has 78 valence electrons. The van der Waals surface area contributed by atoms with E-state index in [9.17, 15) is 13.2 Å². The maximum absolute atomic E-state index is 11.4. The molecule has 5 nitrogen and oxygen atoms in total. The van der Waals surface area contributed by atoms with Crippen molar-refractivity contribution in [3.63, 3.8) is 0 Å². The molecule has 0 aromatic rings. The highest BCUT2D eigenvalue weighted by Gasteiger charge is 2.26. The van der Waals surface area contributed by atoms with E-state index in [2.05, 4.69) is 5.32 Å². The molecule has 0 bridgehead atoms. The molecule has 0 heterocycles. The number of carbonyl (C=O) groups is 1. The van der Waals surface area contributed by atoms with Gasteiger partial charge >= 0.3 is 0 Å².